The summed E-state index contributed by atoms with van der Waals surface area (Å²) < 4.78 is 5.85. The molecule has 0 aromatic carbocycles. The fourth-order valence-electron chi connectivity index (χ4n) is 11.0. The van der Waals surface area contributed by atoms with Gasteiger partial charge < -0.3 is 9.84 Å². The van der Waals surface area contributed by atoms with Gasteiger partial charge in [-0.15, -0.1) is 0 Å². The topological polar surface area (TPSA) is 63.6 Å². The predicted octanol–water partition coefficient (Wildman–Crippen LogP) is 7.80. The number of carboxylic acids is 1. The third-order valence-corrected chi connectivity index (χ3v) is 13.1. The van der Waals surface area contributed by atoms with E-state index in [-0.39, 0.29) is 39.1 Å². The van der Waals surface area contributed by atoms with Crippen molar-refractivity contribution in [3.63, 3.8) is 0 Å². The van der Waals surface area contributed by atoms with Gasteiger partial charge in [-0.05, 0) is 104 Å². The minimum absolute atomic E-state index is 0.0458. The Bertz CT molecular complexity index is 992. The van der Waals surface area contributed by atoms with Crippen molar-refractivity contribution in [1.29, 1.82) is 0 Å². The van der Waals surface area contributed by atoms with Gasteiger partial charge in [-0.1, -0.05) is 60.1 Å². The largest absolute Gasteiger partial charge is 0.481 e. The zero-order chi connectivity index (χ0) is 26.5. The highest BCUT2D eigenvalue weighted by Gasteiger charge is 2.71. The Labute approximate surface area is 219 Å². The molecule has 0 heterocycles. The molecule has 0 aromatic rings. The number of esters is 1. The number of aliphatic carboxylic acids is 1. The van der Waals surface area contributed by atoms with Gasteiger partial charge in [-0.2, -0.15) is 0 Å². The van der Waals surface area contributed by atoms with Gasteiger partial charge in [0.1, 0.15) is 6.10 Å². The molecule has 0 unspecified atom stereocenters. The Morgan fingerprint density at radius 3 is 2.19 bits per heavy atom. The van der Waals surface area contributed by atoms with Crippen LogP contribution in [0.25, 0.3) is 0 Å². The first-order valence-corrected chi connectivity index (χ1v) is 14.6. The zero-order valence-corrected chi connectivity index (χ0v) is 24.1. The SMILES string of the molecule is CC(=O)O[C@H]1CC[C@]2(C)[C@H]3CC=C4[C@H]5CC(C)(C)CC[C@]5(C)CC[C@@]4(C(=O)O)[C@]3(C)CC[C@H]2C1(C)C. The molecule has 0 spiro atoms. The van der Waals surface area contributed by atoms with Crippen molar-refractivity contribution >= 4 is 11.9 Å². The van der Waals surface area contributed by atoms with E-state index < -0.39 is 11.4 Å². The highest BCUT2D eigenvalue weighted by atomic mass is 16.5. The number of carbonyl (C=O) groups is 2. The Kier molecular flexibility index (Phi) is 5.74. The highest BCUT2D eigenvalue weighted by Crippen LogP contribution is 2.76. The molecule has 36 heavy (non-hydrogen) atoms. The first kappa shape index (κ1) is 26.3. The summed E-state index contributed by atoms with van der Waals surface area (Å²) in [6.45, 7) is 18.1. The molecule has 4 saturated carbocycles. The molecular weight excluding hydrogens is 448 g/mol. The molecule has 0 aliphatic heterocycles. The maximum Gasteiger partial charge on any atom is 0.314 e. The Balaban J connectivity index is 1.59. The third-order valence-electron chi connectivity index (χ3n) is 13.1. The maximum absolute atomic E-state index is 13.6. The normalized spacial score (nSPS) is 48.8. The molecular formula is C32H50O4. The molecule has 0 aromatic heterocycles. The van der Waals surface area contributed by atoms with Crippen LogP contribution in [0.3, 0.4) is 0 Å². The van der Waals surface area contributed by atoms with E-state index in [9.17, 15) is 14.7 Å². The molecule has 0 radical (unpaired) electrons. The summed E-state index contributed by atoms with van der Waals surface area (Å²) in [5, 5.41) is 11.2. The monoisotopic (exact) mass is 498 g/mol. The molecule has 0 bridgehead atoms. The molecule has 8 atom stereocenters. The number of hydrogen-bond donors (Lipinski definition) is 1. The molecule has 0 amide bonds. The van der Waals surface area contributed by atoms with Gasteiger partial charge in [0.2, 0.25) is 0 Å². The van der Waals surface area contributed by atoms with Gasteiger partial charge in [0.25, 0.3) is 0 Å². The Morgan fingerprint density at radius 1 is 0.889 bits per heavy atom. The van der Waals surface area contributed by atoms with E-state index in [0.29, 0.717) is 17.8 Å². The van der Waals surface area contributed by atoms with Crippen LogP contribution < -0.4 is 0 Å². The van der Waals surface area contributed by atoms with E-state index in [0.717, 1.165) is 51.4 Å². The van der Waals surface area contributed by atoms with Crippen LogP contribution >= 0.6 is 0 Å². The number of hydrogen-bond acceptors (Lipinski definition) is 3. The number of ether oxygens (including phenoxy) is 1. The Hall–Kier alpha value is -1.32. The summed E-state index contributed by atoms with van der Waals surface area (Å²) in [6, 6.07) is 0. The predicted molar refractivity (Wildman–Crippen MR) is 142 cm³/mol. The van der Waals surface area contributed by atoms with E-state index in [4.69, 9.17) is 4.74 Å². The number of carboxylic acid groups (broad SMARTS) is 1. The molecule has 202 valence electrons. The fourth-order valence-corrected chi connectivity index (χ4v) is 11.0. The summed E-state index contributed by atoms with van der Waals surface area (Å²) in [5.41, 5.74) is 0.732. The Morgan fingerprint density at radius 2 is 1.56 bits per heavy atom. The molecule has 4 nitrogen and oxygen atoms in total. The highest BCUT2D eigenvalue weighted by molar-refractivity contribution is 5.81. The molecule has 5 aliphatic rings. The van der Waals surface area contributed by atoms with E-state index >= 15 is 0 Å². The third kappa shape index (κ3) is 3.30. The maximum atomic E-state index is 13.6. The fraction of sp³-hybridized carbons (Fsp3) is 0.875. The van der Waals surface area contributed by atoms with Gasteiger partial charge in [0.05, 0.1) is 5.41 Å². The van der Waals surface area contributed by atoms with Crippen LogP contribution in [0.2, 0.25) is 0 Å². The average molecular weight is 499 g/mol. The van der Waals surface area contributed by atoms with Crippen molar-refractivity contribution in [2.45, 2.75) is 126 Å². The lowest BCUT2D eigenvalue weighted by molar-refractivity contribution is -0.219. The second kappa shape index (κ2) is 7.85. The van der Waals surface area contributed by atoms with Crippen LogP contribution in [-0.2, 0) is 14.3 Å². The summed E-state index contributed by atoms with van der Waals surface area (Å²) in [6.07, 6.45) is 12.6. The molecule has 5 aliphatic carbocycles. The van der Waals surface area contributed by atoms with Gasteiger partial charge >= 0.3 is 11.9 Å². The zero-order valence-electron chi connectivity index (χ0n) is 24.1. The first-order valence-electron chi connectivity index (χ1n) is 14.6. The number of rotatable bonds is 2. The van der Waals surface area contributed by atoms with Gasteiger partial charge in [0.15, 0.2) is 0 Å². The quantitative estimate of drug-likeness (QED) is 0.311. The summed E-state index contributed by atoms with van der Waals surface area (Å²) >= 11 is 0. The van der Waals surface area contributed by atoms with Gasteiger partial charge in [-0.25, -0.2) is 0 Å². The molecule has 4 fully saturated rings. The minimum Gasteiger partial charge on any atom is -0.481 e. The van der Waals surface area contributed by atoms with E-state index in [2.05, 4.69) is 54.5 Å². The van der Waals surface area contributed by atoms with E-state index in [1.807, 2.05) is 0 Å². The van der Waals surface area contributed by atoms with Crippen molar-refractivity contribution in [2.75, 3.05) is 0 Å². The number of fused-ring (bicyclic) bond motifs is 7. The summed E-state index contributed by atoms with van der Waals surface area (Å²) in [7, 11) is 0. The number of allylic oxidation sites excluding steroid dienone is 1. The molecule has 0 saturated heterocycles. The van der Waals surface area contributed by atoms with Crippen LogP contribution in [0.1, 0.15) is 120 Å². The van der Waals surface area contributed by atoms with Crippen molar-refractivity contribution in [3.05, 3.63) is 11.6 Å². The van der Waals surface area contributed by atoms with Gasteiger partial charge in [0, 0.05) is 12.3 Å². The van der Waals surface area contributed by atoms with Crippen molar-refractivity contribution in [2.24, 2.45) is 50.2 Å². The second-order valence-electron chi connectivity index (χ2n) is 15.7. The van der Waals surface area contributed by atoms with Crippen molar-refractivity contribution < 1.29 is 19.4 Å². The lowest BCUT2D eigenvalue weighted by Gasteiger charge is -2.70. The van der Waals surface area contributed by atoms with Crippen LogP contribution in [0, 0.1) is 50.2 Å². The molecule has 5 rings (SSSR count). The average Bonchev–Trinajstić information content (AvgIpc) is 2.75. The minimum atomic E-state index is -0.752. The van der Waals surface area contributed by atoms with Crippen molar-refractivity contribution in [1.82, 2.24) is 0 Å². The summed E-state index contributed by atoms with van der Waals surface area (Å²) in [5.74, 6) is 0.381. The van der Waals surface area contributed by atoms with Crippen LogP contribution in [0.15, 0.2) is 11.6 Å². The van der Waals surface area contributed by atoms with E-state index in [1.54, 1.807) is 0 Å². The molecule has 4 heteroatoms. The standard InChI is InChI=1S/C32H50O4/c1-20(33)36-25-12-13-30(7)23(28(25,4)5)11-14-31(8)24(30)10-9-21-22-19-27(2,3)15-16-29(22,6)17-18-32(21,31)26(34)35/h9,22-25H,10-19H2,1-8H3,(H,34,35)/t22-,23+,24-,25+,29-,30+,31-,32-/m1/s1. The smallest absolute Gasteiger partial charge is 0.314 e. The van der Waals surface area contributed by atoms with Crippen LogP contribution in [0.5, 0.6) is 0 Å². The first-order chi connectivity index (χ1) is 16.5. The lowest BCUT2D eigenvalue weighted by atomic mass is 9.33. The second-order valence-corrected chi connectivity index (χ2v) is 15.7. The van der Waals surface area contributed by atoms with Gasteiger partial charge in [-0.3, -0.25) is 9.59 Å². The van der Waals surface area contributed by atoms with E-state index in [1.165, 1.54) is 25.3 Å². The molecule has 1 N–H and O–H groups in total. The van der Waals surface area contributed by atoms with Crippen molar-refractivity contribution in [3.8, 4) is 0 Å². The summed E-state index contributed by atoms with van der Waals surface area (Å²) in [4.78, 5) is 25.5. The van der Waals surface area contributed by atoms with Crippen LogP contribution in [-0.4, -0.2) is 23.1 Å². The lowest BCUT2D eigenvalue weighted by Crippen LogP contribution is -2.67. The number of carbonyl (C=O) groups excluding carboxylic acids is 1. The van der Waals surface area contributed by atoms with Crippen LogP contribution in [0.4, 0.5) is 0 Å².